The number of aromatic nitrogens is 1. The molecule has 0 spiro atoms. The zero-order chi connectivity index (χ0) is 13.0. The lowest BCUT2D eigenvalue weighted by molar-refractivity contribution is -0.137. The summed E-state index contributed by atoms with van der Waals surface area (Å²) in [5.74, 6) is 0.512. The number of amides is 1. The maximum absolute atomic E-state index is 11.9. The zero-order valence-electron chi connectivity index (χ0n) is 11.0. The molecule has 1 fully saturated rings. The predicted octanol–water partition coefficient (Wildman–Crippen LogP) is 2.19. The smallest absolute Gasteiger partial charge is 0.248 e. The van der Waals surface area contributed by atoms with Crippen LogP contribution in [0.2, 0.25) is 0 Å². The molecule has 1 aromatic rings. The highest BCUT2D eigenvalue weighted by Crippen LogP contribution is 2.29. The molecule has 1 aliphatic rings. The maximum Gasteiger partial charge on any atom is 0.248 e. The maximum atomic E-state index is 11.9. The van der Waals surface area contributed by atoms with Crippen molar-refractivity contribution in [2.45, 2.75) is 32.6 Å². The van der Waals surface area contributed by atoms with Crippen molar-refractivity contribution in [2.24, 2.45) is 0 Å². The van der Waals surface area contributed by atoms with E-state index in [0.29, 0.717) is 12.5 Å². The lowest BCUT2D eigenvalue weighted by Crippen LogP contribution is -2.41. The van der Waals surface area contributed by atoms with Gasteiger partial charge in [0.2, 0.25) is 5.91 Å². The van der Waals surface area contributed by atoms with Gasteiger partial charge in [0.1, 0.15) is 6.61 Å². The molecular weight excluding hydrogens is 248 g/mol. The van der Waals surface area contributed by atoms with Crippen LogP contribution in [0.4, 0.5) is 0 Å². The number of nitrogens with zero attached hydrogens (tertiary/aromatic N) is 2. The van der Waals surface area contributed by atoms with E-state index >= 15 is 0 Å². The number of hydrogen-bond acceptors (Lipinski definition) is 4. The van der Waals surface area contributed by atoms with Gasteiger partial charge in [0, 0.05) is 36.7 Å². The van der Waals surface area contributed by atoms with Gasteiger partial charge in [-0.25, -0.2) is 4.98 Å². The Balaban J connectivity index is 1.94. The summed E-state index contributed by atoms with van der Waals surface area (Å²) >= 11 is 1.75. The van der Waals surface area contributed by atoms with Crippen molar-refractivity contribution in [3.8, 4) is 0 Å². The molecule has 0 bridgehead atoms. The molecule has 0 aliphatic carbocycles. The molecule has 1 atom stereocenters. The van der Waals surface area contributed by atoms with Crippen LogP contribution in [0.5, 0.6) is 0 Å². The number of rotatable bonds is 4. The lowest BCUT2D eigenvalue weighted by Gasteiger charge is -2.31. The van der Waals surface area contributed by atoms with E-state index in [4.69, 9.17) is 4.74 Å². The van der Waals surface area contributed by atoms with E-state index in [2.05, 4.69) is 11.9 Å². The summed E-state index contributed by atoms with van der Waals surface area (Å²) in [4.78, 5) is 19.5. The number of ether oxygens (including phenoxy) is 1. The van der Waals surface area contributed by atoms with E-state index in [0.717, 1.165) is 25.9 Å². The fourth-order valence-corrected chi connectivity index (χ4v) is 3.15. The Hall–Kier alpha value is -0.940. The Labute approximate surface area is 112 Å². The van der Waals surface area contributed by atoms with E-state index < -0.39 is 0 Å². The van der Waals surface area contributed by atoms with Crippen molar-refractivity contribution < 1.29 is 9.53 Å². The normalized spacial score (nSPS) is 20.1. The lowest BCUT2D eigenvalue weighted by atomic mass is 9.99. The van der Waals surface area contributed by atoms with Gasteiger partial charge in [-0.1, -0.05) is 0 Å². The number of hydrogen-bond donors (Lipinski definition) is 0. The van der Waals surface area contributed by atoms with E-state index in [1.54, 1.807) is 11.3 Å². The summed E-state index contributed by atoms with van der Waals surface area (Å²) in [6.45, 7) is 6.42. The summed E-state index contributed by atoms with van der Waals surface area (Å²) in [5, 5.41) is 1.17. The summed E-state index contributed by atoms with van der Waals surface area (Å²) in [7, 11) is 0. The van der Waals surface area contributed by atoms with E-state index in [-0.39, 0.29) is 12.5 Å². The summed E-state index contributed by atoms with van der Waals surface area (Å²) in [6, 6.07) is 0. The highest BCUT2D eigenvalue weighted by Gasteiger charge is 2.26. The van der Waals surface area contributed by atoms with Gasteiger partial charge >= 0.3 is 0 Å². The van der Waals surface area contributed by atoms with Crippen molar-refractivity contribution >= 4 is 17.2 Å². The molecule has 1 aliphatic heterocycles. The van der Waals surface area contributed by atoms with E-state index in [1.165, 1.54) is 9.88 Å². The van der Waals surface area contributed by atoms with Crippen molar-refractivity contribution in [2.75, 3.05) is 26.3 Å². The molecule has 0 N–H and O–H groups in total. The minimum Gasteiger partial charge on any atom is -0.372 e. The number of carbonyl (C=O) groups excluding carboxylic acids is 1. The molecule has 5 heteroatoms. The molecule has 0 aromatic carbocycles. The third-order valence-corrected chi connectivity index (χ3v) is 4.27. The van der Waals surface area contributed by atoms with Gasteiger partial charge in [0.15, 0.2) is 0 Å². The second kappa shape index (κ2) is 6.29. The fourth-order valence-electron chi connectivity index (χ4n) is 2.25. The highest BCUT2D eigenvalue weighted by molar-refractivity contribution is 7.11. The third kappa shape index (κ3) is 3.29. The minimum absolute atomic E-state index is 0.106. The SMILES string of the molecule is CCOCC(=O)N1CCC[C@H](c2ncc(C)s2)C1. The summed E-state index contributed by atoms with van der Waals surface area (Å²) < 4.78 is 5.19. The van der Waals surface area contributed by atoms with Gasteiger partial charge < -0.3 is 9.64 Å². The van der Waals surface area contributed by atoms with Crippen molar-refractivity contribution in [3.63, 3.8) is 0 Å². The first-order chi connectivity index (χ1) is 8.70. The number of thiazole rings is 1. The van der Waals surface area contributed by atoms with Gasteiger partial charge in [0.25, 0.3) is 0 Å². The summed E-state index contributed by atoms with van der Waals surface area (Å²) in [6.07, 6.45) is 4.10. The molecule has 0 saturated carbocycles. The number of likely N-dealkylation sites (tertiary alicyclic amines) is 1. The average molecular weight is 268 g/mol. The van der Waals surface area contributed by atoms with Crippen LogP contribution in [0.25, 0.3) is 0 Å². The molecule has 4 nitrogen and oxygen atoms in total. The van der Waals surface area contributed by atoms with Crippen LogP contribution in [0, 0.1) is 6.92 Å². The molecular formula is C13H20N2O2S. The summed E-state index contributed by atoms with van der Waals surface area (Å²) in [5.41, 5.74) is 0. The molecule has 1 aromatic heterocycles. The quantitative estimate of drug-likeness (QED) is 0.840. The van der Waals surface area contributed by atoms with Crippen LogP contribution in [0.3, 0.4) is 0 Å². The predicted molar refractivity (Wildman–Crippen MR) is 71.9 cm³/mol. The largest absolute Gasteiger partial charge is 0.372 e. The van der Waals surface area contributed by atoms with Crippen LogP contribution in [0.1, 0.15) is 35.6 Å². The van der Waals surface area contributed by atoms with Crippen LogP contribution >= 0.6 is 11.3 Å². The molecule has 1 amide bonds. The molecule has 18 heavy (non-hydrogen) atoms. The minimum atomic E-state index is 0.106. The monoisotopic (exact) mass is 268 g/mol. The zero-order valence-corrected chi connectivity index (χ0v) is 11.8. The first-order valence-electron chi connectivity index (χ1n) is 6.48. The van der Waals surface area contributed by atoms with Crippen LogP contribution in [-0.2, 0) is 9.53 Å². The van der Waals surface area contributed by atoms with Crippen LogP contribution in [-0.4, -0.2) is 42.1 Å². The second-order valence-electron chi connectivity index (χ2n) is 4.63. The molecule has 100 valence electrons. The average Bonchev–Trinajstić information content (AvgIpc) is 2.83. The standard InChI is InChI=1S/C13H20N2O2S/c1-3-17-9-12(16)15-6-4-5-11(8-15)13-14-7-10(2)18-13/h7,11H,3-6,8-9H2,1-2H3/t11-/m0/s1. The van der Waals surface area contributed by atoms with Gasteiger partial charge in [-0.15, -0.1) is 11.3 Å². The van der Waals surface area contributed by atoms with Gasteiger partial charge in [-0.3, -0.25) is 4.79 Å². The Morgan fingerprint density at radius 1 is 1.67 bits per heavy atom. The van der Waals surface area contributed by atoms with Crippen molar-refractivity contribution in [1.29, 1.82) is 0 Å². The van der Waals surface area contributed by atoms with Gasteiger partial charge in [-0.2, -0.15) is 0 Å². The van der Waals surface area contributed by atoms with Crippen molar-refractivity contribution in [3.05, 3.63) is 16.1 Å². The van der Waals surface area contributed by atoms with Crippen LogP contribution < -0.4 is 0 Å². The number of carbonyl (C=O) groups is 1. The Morgan fingerprint density at radius 2 is 2.50 bits per heavy atom. The van der Waals surface area contributed by atoms with Gasteiger partial charge in [0.05, 0.1) is 5.01 Å². The third-order valence-electron chi connectivity index (χ3n) is 3.19. The second-order valence-corrected chi connectivity index (χ2v) is 5.89. The first kappa shape index (κ1) is 13.5. The molecule has 2 heterocycles. The first-order valence-corrected chi connectivity index (χ1v) is 7.30. The number of aryl methyl sites for hydroxylation is 1. The molecule has 2 rings (SSSR count). The molecule has 0 unspecified atom stereocenters. The highest BCUT2D eigenvalue weighted by atomic mass is 32.1. The van der Waals surface area contributed by atoms with Crippen LogP contribution in [0.15, 0.2) is 6.20 Å². The fraction of sp³-hybridized carbons (Fsp3) is 0.692. The number of piperidine rings is 1. The molecule has 1 saturated heterocycles. The van der Waals surface area contributed by atoms with E-state index in [9.17, 15) is 4.79 Å². The topological polar surface area (TPSA) is 42.4 Å². The Morgan fingerprint density at radius 3 is 3.17 bits per heavy atom. The Bertz CT molecular complexity index is 405. The van der Waals surface area contributed by atoms with Crippen molar-refractivity contribution in [1.82, 2.24) is 9.88 Å². The van der Waals surface area contributed by atoms with E-state index in [1.807, 2.05) is 18.0 Å². The van der Waals surface area contributed by atoms with Gasteiger partial charge in [-0.05, 0) is 26.7 Å². The molecule has 0 radical (unpaired) electrons. The Kier molecular flexibility index (Phi) is 4.72.